The van der Waals surface area contributed by atoms with Crippen molar-refractivity contribution in [3.8, 4) is 0 Å². The van der Waals surface area contributed by atoms with Gasteiger partial charge in [-0.05, 0) is 85.0 Å². The number of anilines is 2. The monoisotopic (exact) mass is 552 g/mol. The fourth-order valence-electron chi connectivity index (χ4n) is 4.41. The lowest BCUT2D eigenvalue weighted by molar-refractivity contribution is -0.374. The fraction of sp³-hybridized carbons (Fsp3) is 0.571. The zero-order valence-corrected chi connectivity index (χ0v) is 22.1. The summed E-state index contributed by atoms with van der Waals surface area (Å²) in [7, 11) is 0. The molecule has 38 heavy (non-hydrogen) atoms. The van der Waals surface area contributed by atoms with Crippen molar-refractivity contribution in [3.63, 3.8) is 0 Å². The molecule has 2 rings (SSSR count). The summed E-state index contributed by atoms with van der Waals surface area (Å²) in [6.07, 6.45) is 2.60. The highest BCUT2D eigenvalue weighted by Crippen LogP contribution is 2.59. The van der Waals surface area contributed by atoms with Crippen molar-refractivity contribution in [2.45, 2.75) is 103 Å². The largest absolute Gasteiger partial charge is 0.398 e. The van der Waals surface area contributed by atoms with Gasteiger partial charge in [-0.1, -0.05) is 40.5 Å². The second kappa shape index (κ2) is 11.7. The van der Waals surface area contributed by atoms with E-state index in [4.69, 9.17) is 11.5 Å². The van der Waals surface area contributed by atoms with Gasteiger partial charge in [-0.2, -0.15) is 35.1 Å². The lowest BCUT2D eigenvalue weighted by Gasteiger charge is -2.37. The quantitative estimate of drug-likeness (QED) is 0.193. The molecule has 0 atom stereocenters. The van der Waals surface area contributed by atoms with Gasteiger partial charge in [0.05, 0.1) is 0 Å². The summed E-state index contributed by atoms with van der Waals surface area (Å²) >= 11 is 0. The maximum absolute atomic E-state index is 15.3. The number of nitrogen functional groups attached to an aromatic ring is 2. The Hall–Kier alpha value is -2.52. The Balaban J connectivity index is 2.68. The van der Waals surface area contributed by atoms with E-state index < -0.39 is 34.8 Å². The maximum Gasteiger partial charge on any atom is 0.382 e. The van der Waals surface area contributed by atoms with Crippen molar-refractivity contribution in [1.29, 1.82) is 0 Å². The summed E-state index contributed by atoms with van der Waals surface area (Å²) in [4.78, 5) is 0. The van der Waals surface area contributed by atoms with Gasteiger partial charge < -0.3 is 11.5 Å². The van der Waals surface area contributed by atoms with Crippen LogP contribution in [0.2, 0.25) is 0 Å². The number of hydrogen-bond acceptors (Lipinski definition) is 2. The van der Waals surface area contributed by atoms with Gasteiger partial charge in [-0.25, -0.2) is 0 Å². The third kappa shape index (κ3) is 5.45. The predicted molar refractivity (Wildman–Crippen MR) is 135 cm³/mol. The van der Waals surface area contributed by atoms with E-state index in [2.05, 4.69) is 0 Å². The van der Waals surface area contributed by atoms with Crippen molar-refractivity contribution >= 4 is 11.4 Å². The molecule has 0 unspecified atom stereocenters. The summed E-state index contributed by atoms with van der Waals surface area (Å²) in [5.74, 6) is -24.2. The standard InChI is InChI=1S/C28H36F8N2/c1-5-9-11-19-15-21(13-17(7-3)23(19)37)25(29,30)27(33,34)28(35,36)26(31,32)22-14-18(8-4)24(38)20(16-22)12-10-6-2/h13-16H,5-12,37-38H2,1-4H3. The second-order valence-electron chi connectivity index (χ2n) is 9.63. The molecule has 0 fully saturated rings. The SMILES string of the molecule is CCCCc1cc(C(F)(F)C(F)(F)C(F)(F)C(F)(F)c2cc(CC)c(N)c(CCCC)c2)cc(CC)c1N. The Kier molecular flexibility index (Phi) is 9.76. The van der Waals surface area contributed by atoms with Crippen LogP contribution in [0.5, 0.6) is 0 Å². The number of benzene rings is 2. The molecule has 4 N–H and O–H groups in total. The number of unbranched alkanes of at least 4 members (excludes halogenated alkanes) is 2. The van der Waals surface area contributed by atoms with Crippen molar-refractivity contribution in [2.24, 2.45) is 0 Å². The van der Waals surface area contributed by atoms with E-state index >= 15 is 35.1 Å². The van der Waals surface area contributed by atoms with E-state index in [1.54, 1.807) is 13.8 Å². The molecule has 0 radical (unpaired) electrons. The highest BCUT2D eigenvalue weighted by Gasteiger charge is 2.81. The Morgan fingerprint density at radius 1 is 0.526 bits per heavy atom. The van der Waals surface area contributed by atoms with Crippen LogP contribution in [0, 0.1) is 0 Å². The summed E-state index contributed by atoms with van der Waals surface area (Å²) in [6, 6.07) is 2.42. The fourth-order valence-corrected chi connectivity index (χ4v) is 4.41. The van der Waals surface area contributed by atoms with Crippen LogP contribution >= 0.6 is 0 Å². The molecular weight excluding hydrogens is 516 g/mol. The molecule has 0 saturated carbocycles. The van der Waals surface area contributed by atoms with Crippen molar-refractivity contribution < 1.29 is 35.1 Å². The Morgan fingerprint density at radius 2 is 0.816 bits per heavy atom. The first-order valence-corrected chi connectivity index (χ1v) is 12.9. The molecule has 2 nitrogen and oxygen atoms in total. The summed E-state index contributed by atoms with van der Waals surface area (Å²) in [6.45, 7) is 6.67. The molecule has 2 aromatic carbocycles. The van der Waals surface area contributed by atoms with E-state index in [1.807, 2.05) is 0 Å². The molecule has 0 spiro atoms. The van der Waals surface area contributed by atoms with Gasteiger partial charge in [-0.15, -0.1) is 0 Å². The molecule has 0 amide bonds. The molecule has 0 aliphatic rings. The molecular formula is C28H36F8N2. The first-order valence-electron chi connectivity index (χ1n) is 12.9. The van der Waals surface area contributed by atoms with E-state index in [1.165, 1.54) is 13.8 Å². The van der Waals surface area contributed by atoms with Crippen LogP contribution in [0.15, 0.2) is 24.3 Å². The van der Waals surface area contributed by atoms with Gasteiger partial charge >= 0.3 is 23.7 Å². The van der Waals surface area contributed by atoms with Crippen LogP contribution in [-0.2, 0) is 37.5 Å². The third-order valence-corrected chi connectivity index (χ3v) is 6.97. The molecule has 0 aliphatic heterocycles. The van der Waals surface area contributed by atoms with Crippen molar-refractivity contribution in [2.75, 3.05) is 11.5 Å². The average molecular weight is 553 g/mol. The van der Waals surface area contributed by atoms with Crippen LogP contribution in [0.4, 0.5) is 46.5 Å². The highest BCUT2D eigenvalue weighted by molar-refractivity contribution is 5.58. The number of halogens is 8. The maximum atomic E-state index is 15.3. The molecule has 2 aromatic rings. The normalized spacial score (nSPS) is 13.3. The van der Waals surface area contributed by atoms with Crippen molar-refractivity contribution in [1.82, 2.24) is 0 Å². The average Bonchev–Trinajstić information content (AvgIpc) is 2.86. The van der Waals surface area contributed by atoms with Crippen molar-refractivity contribution in [3.05, 3.63) is 57.6 Å². The van der Waals surface area contributed by atoms with Crippen LogP contribution in [-0.4, -0.2) is 11.8 Å². The van der Waals surface area contributed by atoms with Gasteiger partial charge in [0.2, 0.25) is 0 Å². The number of aryl methyl sites for hydroxylation is 4. The molecule has 0 heterocycles. The zero-order valence-electron chi connectivity index (χ0n) is 22.1. The van der Waals surface area contributed by atoms with E-state index in [0.29, 0.717) is 49.9 Å². The van der Waals surface area contributed by atoms with Gasteiger partial charge in [0.15, 0.2) is 0 Å². The summed E-state index contributed by atoms with van der Waals surface area (Å²) in [5.41, 5.74) is 9.41. The first kappa shape index (κ1) is 31.7. The highest BCUT2D eigenvalue weighted by atomic mass is 19.4. The molecule has 0 bridgehead atoms. The smallest absolute Gasteiger partial charge is 0.382 e. The van der Waals surface area contributed by atoms with Crippen LogP contribution in [0.3, 0.4) is 0 Å². The first-order chi connectivity index (χ1) is 17.5. The third-order valence-electron chi connectivity index (χ3n) is 6.97. The Labute approximate surface area is 218 Å². The number of hydrogen-bond donors (Lipinski definition) is 2. The van der Waals surface area contributed by atoms with Gasteiger partial charge in [-0.3, -0.25) is 0 Å². The van der Waals surface area contributed by atoms with Crippen LogP contribution in [0.1, 0.15) is 86.8 Å². The number of rotatable bonds is 13. The second-order valence-corrected chi connectivity index (χ2v) is 9.63. The molecule has 10 heteroatoms. The minimum atomic E-state index is -6.45. The molecule has 0 aliphatic carbocycles. The lowest BCUT2D eigenvalue weighted by Crippen LogP contribution is -2.59. The minimum Gasteiger partial charge on any atom is -0.398 e. The van der Waals surface area contributed by atoms with Gasteiger partial charge in [0.1, 0.15) is 0 Å². The minimum absolute atomic E-state index is 0.0471. The summed E-state index contributed by atoms with van der Waals surface area (Å²) in [5, 5.41) is 0. The van der Waals surface area contributed by atoms with E-state index in [0.717, 1.165) is 0 Å². The number of alkyl halides is 8. The molecule has 0 saturated heterocycles. The zero-order chi connectivity index (χ0) is 29.1. The predicted octanol–water partition coefficient (Wildman–Crippen LogP) is 8.82. The van der Waals surface area contributed by atoms with Gasteiger partial charge in [0, 0.05) is 22.5 Å². The van der Waals surface area contributed by atoms with Crippen LogP contribution in [0.25, 0.3) is 0 Å². The molecule has 214 valence electrons. The summed E-state index contributed by atoms with van der Waals surface area (Å²) < 4.78 is 121. The topological polar surface area (TPSA) is 52.0 Å². The number of nitrogens with two attached hydrogens (primary N) is 2. The Bertz CT molecular complexity index is 1030. The van der Waals surface area contributed by atoms with E-state index in [-0.39, 0.29) is 59.3 Å². The van der Waals surface area contributed by atoms with Crippen LogP contribution < -0.4 is 11.5 Å². The lowest BCUT2D eigenvalue weighted by atomic mass is 9.86. The van der Waals surface area contributed by atoms with Gasteiger partial charge in [0.25, 0.3) is 0 Å². The Morgan fingerprint density at radius 3 is 1.08 bits per heavy atom. The van der Waals surface area contributed by atoms with E-state index in [9.17, 15) is 0 Å². The molecule has 0 aromatic heterocycles.